The lowest BCUT2D eigenvalue weighted by Crippen LogP contribution is -2.65. The minimum Gasteiger partial charge on any atom is -0.497 e. The van der Waals surface area contributed by atoms with E-state index in [4.69, 9.17) is 18.9 Å². The van der Waals surface area contributed by atoms with Gasteiger partial charge in [0.05, 0.1) is 32.1 Å². The molecule has 3 aromatic rings. The standard InChI is InChI=1S/C26H26F3N3O7/c1-36-16-6-4-5-14(9-16)25(35)38-24-22(23(34)20(13-33)39-26(24)7-2-3-8-37-26)32-12-19(30-31-32)15-10-17(27)21(29)18(28)11-15/h4-6,9-12,20,22-24,33-34H,2-3,7-8,13H2,1H3. The molecule has 3 heterocycles. The van der Waals surface area contributed by atoms with Crippen LogP contribution < -0.4 is 4.74 Å². The smallest absolute Gasteiger partial charge is 0.338 e. The molecule has 2 fully saturated rings. The maximum Gasteiger partial charge on any atom is 0.338 e. The van der Waals surface area contributed by atoms with Crippen molar-refractivity contribution in [3.8, 4) is 17.0 Å². The summed E-state index contributed by atoms with van der Waals surface area (Å²) in [6, 6.07) is 6.59. The topological polar surface area (TPSA) is 125 Å². The number of carbonyl (C=O) groups excluding carboxylic acids is 1. The number of aliphatic hydroxyl groups is 2. The molecular weight excluding hydrogens is 523 g/mol. The number of aromatic nitrogens is 3. The van der Waals surface area contributed by atoms with Gasteiger partial charge in [0.1, 0.15) is 29.7 Å². The highest BCUT2D eigenvalue weighted by atomic mass is 19.2. The fraction of sp³-hybridized carbons (Fsp3) is 0.423. The highest BCUT2D eigenvalue weighted by molar-refractivity contribution is 5.90. The van der Waals surface area contributed by atoms with E-state index in [1.165, 1.54) is 25.4 Å². The van der Waals surface area contributed by atoms with Gasteiger partial charge in [0.2, 0.25) is 5.79 Å². The van der Waals surface area contributed by atoms with Crippen molar-refractivity contribution in [1.29, 1.82) is 0 Å². The number of benzene rings is 2. The maximum absolute atomic E-state index is 13.9. The lowest BCUT2D eigenvalue weighted by Gasteiger charge is -2.51. The Hall–Kier alpha value is -3.52. The Balaban J connectivity index is 1.56. The van der Waals surface area contributed by atoms with Gasteiger partial charge in [-0.2, -0.15) is 0 Å². The number of hydrogen-bond acceptors (Lipinski definition) is 9. The molecule has 5 rings (SSSR count). The van der Waals surface area contributed by atoms with Gasteiger partial charge in [-0.05, 0) is 43.2 Å². The molecule has 0 radical (unpaired) electrons. The first-order valence-corrected chi connectivity index (χ1v) is 12.3. The van der Waals surface area contributed by atoms with E-state index in [1.807, 2.05) is 0 Å². The van der Waals surface area contributed by atoms with E-state index in [0.29, 0.717) is 18.6 Å². The Morgan fingerprint density at radius 2 is 1.97 bits per heavy atom. The number of nitrogens with zero attached hydrogens (tertiary/aromatic N) is 3. The summed E-state index contributed by atoms with van der Waals surface area (Å²) in [5.74, 6) is -6.33. The summed E-state index contributed by atoms with van der Waals surface area (Å²) in [7, 11) is 1.45. The van der Waals surface area contributed by atoms with Gasteiger partial charge in [-0.1, -0.05) is 11.3 Å². The van der Waals surface area contributed by atoms with Crippen LogP contribution in [-0.4, -0.2) is 75.6 Å². The van der Waals surface area contributed by atoms with E-state index in [0.717, 1.165) is 16.8 Å². The van der Waals surface area contributed by atoms with Crippen LogP contribution >= 0.6 is 0 Å². The van der Waals surface area contributed by atoms with Gasteiger partial charge >= 0.3 is 5.97 Å². The molecule has 0 amide bonds. The number of hydrogen-bond donors (Lipinski definition) is 2. The second kappa shape index (κ2) is 10.9. The van der Waals surface area contributed by atoms with Crippen molar-refractivity contribution < 1.29 is 47.1 Å². The van der Waals surface area contributed by atoms with Crippen molar-refractivity contribution in [2.45, 2.75) is 49.4 Å². The van der Waals surface area contributed by atoms with Crippen molar-refractivity contribution in [3.63, 3.8) is 0 Å². The molecule has 2 aromatic carbocycles. The summed E-state index contributed by atoms with van der Waals surface area (Å²) in [5.41, 5.74) is 0.0179. The Morgan fingerprint density at radius 1 is 1.21 bits per heavy atom. The van der Waals surface area contributed by atoms with Gasteiger partial charge in [0.25, 0.3) is 0 Å². The van der Waals surface area contributed by atoms with Gasteiger partial charge in [0, 0.05) is 12.0 Å². The van der Waals surface area contributed by atoms with Gasteiger partial charge in [-0.3, -0.25) is 0 Å². The Kier molecular flexibility index (Phi) is 7.58. The number of methoxy groups -OCH3 is 1. The fourth-order valence-electron chi connectivity index (χ4n) is 4.95. The van der Waals surface area contributed by atoms with Gasteiger partial charge in [-0.25, -0.2) is 22.6 Å². The molecule has 0 aliphatic carbocycles. The predicted molar refractivity (Wildman–Crippen MR) is 127 cm³/mol. The van der Waals surface area contributed by atoms with Crippen molar-refractivity contribution in [2.75, 3.05) is 20.3 Å². The normalized spacial score (nSPS) is 26.9. The summed E-state index contributed by atoms with van der Waals surface area (Å²) < 4.78 is 65.5. The summed E-state index contributed by atoms with van der Waals surface area (Å²) in [4.78, 5) is 13.3. The quantitative estimate of drug-likeness (QED) is 0.353. The fourth-order valence-corrected chi connectivity index (χ4v) is 4.95. The maximum atomic E-state index is 13.9. The van der Waals surface area contributed by atoms with Crippen LogP contribution in [0.5, 0.6) is 5.75 Å². The van der Waals surface area contributed by atoms with Crippen molar-refractivity contribution in [1.82, 2.24) is 15.0 Å². The van der Waals surface area contributed by atoms with Gasteiger partial charge in [-0.15, -0.1) is 5.10 Å². The molecule has 5 atom stereocenters. The summed E-state index contributed by atoms with van der Waals surface area (Å²) in [5, 5.41) is 29.2. The van der Waals surface area contributed by atoms with Crippen molar-refractivity contribution >= 4 is 5.97 Å². The van der Waals surface area contributed by atoms with Crippen LogP contribution in [0.4, 0.5) is 13.2 Å². The molecule has 2 saturated heterocycles. The monoisotopic (exact) mass is 549 g/mol. The molecule has 2 aliphatic rings. The second-order valence-corrected chi connectivity index (χ2v) is 9.33. The SMILES string of the molecule is COc1cccc(C(=O)OC2C(n3cc(-c4cc(F)c(F)c(F)c4)nn3)C(O)C(CO)OC23CCCCO3)c1. The van der Waals surface area contributed by atoms with Gasteiger partial charge in [0.15, 0.2) is 23.6 Å². The summed E-state index contributed by atoms with van der Waals surface area (Å²) in [6.45, 7) is -0.319. The molecule has 0 saturated carbocycles. The van der Waals surface area contributed by atoms with Crippen LogP contribution in [0.1, 0.15) is 35.7 Å². The van der Waals surface area contributed by atoms with Crippen molar-refractivity contribution in [2.24, 2.45) is 0 Å². The number of carbonyl (C=O) groups is 1. The first-order valence-electron chi connectivity index (χ1n) is 12.3. The summed E-state index contributed by atoms with van der Waals surface area (Å²) >= 11 is 0. The van der Waals surface area contributed by atoms with Crippen LogP contribution in [0.3, 0.4) is 0 Å². The van der Waals surface area contributed by atoms with Crippen molar-refractivity contribution in [3.05, 3.63) is 65.6 Å². The molecule has 5 unspecified atom stereocenters. The van der Waals surface area contributed by atoms with Crippen LogP contribution in [0.15, 0.2) is 42.6 Å². The lowest BCUT2D eigenvalue weighted by atomic mass is 9.86. The highest BCUT2D eigenvalue weighted by Crippen LogP contribution is 2.44. The average molecular weight is 550 g/mol. The predicted octanol–water partition coefficient (Wildman–Crippen LogP) is 2.79. The van der Waals surface area contributed by atoms with E-state index in [-0.39, 0.29) is 29.8 Å². The van der Waals surface area contributed by atoms with Crippen LogP contribution in [-0.2, 0) is 14.2 Å². The molecular formula is C26H26F3N3O7. The lowest BCUT2D eigenvalue weighted by molar-refractivity contribution is -0.363. The largest absolute Gasteiger partial charge is 0.497 e. The molecule has 1 spiro atoms. The zero-order valence-electron chi connectivity index (χ0n) is 20.8. The zero-order chi connectivity index (χ0) is 27.7. The van der Waals surface area contributed by atoms with Crippen LogP contribution in [0.2, 0.25) is 0 Å². The third-order valence-corrected chi connectivity index (χ3v) is 6.91. The molecule has 2 aliphatic heterocycles. The number of aliphatic hydroxyl groups excluding tert-OH is 2. The van der Waals surface area contributed by atoms with Crippen LogP contribution in [0.25, 0.3) is 11.3 Å². The van der Waals surface area contributed by atoms with E-state index >= 15 is 0 Å². The van der Waals surface area contributed by atoms with E-state index in [2.05, 4.69) is 10.3 Å². The molecule has 1 aromatic heterocycles. The third kappa shape index (κ3) is 5.10. The molecule has 208 valence electrons. The first-order chi connectivity index (χ1) is 18.8. The Bertz CT molecular complexity index is 1320. The molecule has 0 bridgehead atoms. The summed E-state index contributed by atoms with van der Waals surface area (Å²) in [6.07, 6.45) is -0.996. The Morgan fingerprint density at radius 3 is 2.64 bits per heavy atom. The van der Waals surface area contributed by atoms with E-state index < -0.39 is 60.2 Å². The second-order valence-electron chi connectivity index (χ2n) is 9.33. The number of rotatable bonds is 6. The number of ether oxygens (including phenoxy) is 4. The highest BCUT2D eigenvalue weighted by Gasteiger charge is 2.59. The average Bonchev–Trinajstić information content (AvgIpc) is 3.44. The first kappa shape index (κ1) is 27.1. The number of esters is 1. The van der Waals surface area contributed by atoms with Gasteiger partial charge < -0.3 is 29.2 Å². The molecule has 39 heavy (non-hydrogen) atoms. The minimum absolute atomic E-state index is 0.0384. The minimum atomic E-state index is -1.63. The molecule has 13 heteroatoms. The third-order valence-electron chi connectivity index (χ3n) is 6.91. The van der Waals surface area contributed by atoms with E-state index in [1.54, 1.807) is 12.1 Å². The number of halogens is 3. The zero-order valence-corrected chi connectivity index (χ0v) is 20.8. The molecule has 2 N–H and O–H groups in total. The van der Waals surface area contributed by atoms with Crippen LogP contribution in [0, 0.1) is 17.5 Å². The molecule has 10 nitrogen and oxygen atoms in total. The Labute approximate surface area is 220 Å². The van der Waals surface area contributed by atoms with E-state index in [9.17, 15) is 28.2 Å².